The molecule has 6 aromatic heterocycles. The topological polar surface area (TPSA) is 188 Å². The minimum absolute atomic E-state index is 0.233. The fourth-order valence-corrected chi connectivity index (χ4v) is 23.1. The molecular formula is C101H86F6N12O3S2. The molecule has 2 unspecified atom stereocenters. The second kappa shape index (κ2) is 31.8. The Morgan fingerprint density at radius 3 is 1.01 bits per heavy atom. The molecule has 9 saturated carbocycles. The van der Waals surface area contributed by atoms with Gasteiger partial charge in [0.1, 0.15) is 86.9 Å². The molecule has 27 rings (SSSR count). The van der Waals surface area contributed by atoms with E-state index in [-0.39, 0.29) is 16.6 Å². The summed E-state index contributed by atoms with van der Waals surface area (Å²) in [4.78, 5) is 42.7. The number of anilines is 3. The van der Waals surface area contributed by atoms with E-state index < -0.39 is 34.9 Å². The molecule has 124 heavy (non-hydrogen) atoms. The Morgan fingerprint density at radius 2 is 0.629 bits per heavy atom. The van der Waals surface area contributed by atoms with Gasteiger partial charge in [-0.3, -0.25) is 0 Å². The Balaban J connectivity index is 0.000000111. The molecule has 0 amide bonds. The van der Waals surface area contributed by atoms with Crippen molar-refractivity contribution < 1.29 is 40.6 Å². The van der Waals surface area contributed by atoms with Crippen molar-refractivity contribution in [1.29, 1.82) is 0 Å². The van der Waals surface area contributed by atoms with Gasteiger partial charge in [-0.2, -0.15) is 0 Å². The summed E-state index contributed by atoms with van der Waals surface area (Å²) in [6.45, 7) is 7.04. The lowest BCUT2D eigenvalue weighted by Gasteiger charge is -2.47. The average Bonchev–Trinajstić information content (AvgIpc) is 1.34. The highest BCUT2D eigenvalue weighted by molar-refractivity contribution is 8.00. The van der Waals surface area contributed by atoms with Gasteiger partial charge in [-0.15, -0.1) is 0 Å². The van der Waals surface area contributed by atoms with Crippen LogP contribution >= 0.6 is 23.5 Å². The molecule has 9 heterocycles. The van der Waals surface area contributed by atoms with Gasteiger partial charge in [0.05, 0.1) is 53.2 Å². The Labute approximate surface area is 720 Å². The molecule has 6 bridgehead atoms. The van der Waals surface area contributed by atoms with Crippen LogP contribution in [0, 0.1) is 88.2 Å². The number of nitrogens with zero attached hydrogens (tertiary/aromatic N) is 6. The zero-order chi connectivity index (χ0) is 83.7. The number of aromatic amines is 3. The SMILES string of the molecule is CC1C2CCC(CC2)C1Nc1cc(-c2ccc3c(c2)Oc2ccccc2C=C3)nc(-c2c[nH]c3c(F)cc(F)cc23)n1.C[C@@H]1C2CCC(CC2)[C@H]1Nc1cc(-c2ccc3c(c2)Oc2ccccc2S3)nc(-c2c[nH]c3c(F)cc(F)cc23)n1.C[C@H]1C2CCC(CC2)[C@@H]1Nc1cc(-c2ccc3c(c2)Oc2ccccc2S3)nc(-c2c[nH]c3c(F)cc(F)cc23)n1. The number of hydrogen-bond acceptors (Lipinski definition) is 14. The maximum absolute atomic E-state index is 14.6. The molecule has 6 atom stereocenters. The third-order valence-electron chi connectivity index (χ3n) is 27.8. The minimum atomic E-state index is -0.644. The fraction of sp³-hybridized carbons (Fsp3) is 0.267. The zero-order valence-electron chi connectivity index (χ0n) is 68.1. The van der Waals surface area contributed by atoms with E-state index >= 15 is 0 Å². The van der Waals surface area contributed by atoms with Crippen LogP contribution in [0.4, 0.5) is 43.8 Å². The smallest absolute Gasteiger partial charge is 0.164 e. The first-order chi connectivity index (χ1) is 60.5. The number of nitrogens with one attached hydrogen (secondary N) is 6. The summed E-state index contributed by atoms with van der Waals surface area (Å²) in [6.07, 6.45) is 24.3. The Hall–Kier alpha value is -12.3. The molecule has 23 heteroatoms. The quantitative estimate of drug-likeness (QED) is 0.0634. The summed E-state index contributed by atoms with van der Waals surface area (Å²) in [7, 11) is 0. The van der Waals surface area contributed by atoms with Crippen molar-refractivity contribution in [3.05, 3.63) is 247 Å². The van der Waals surface area contributed by atoms with E-state index in [2.05, 4.69) is 88.1 Å². The van der Waals surface area contributed by atoms with E-state index in [1.165, 1.54) is 95.2 Å². The first kappa shape index (κ1) is 77.7. The maximum atomic E-state index is 14.6. The Bertz CT molecular complexity index is 6500. The third-order valence-corrected chi connectivity index (χ3v) is 30.0. The summed E-state index contributed by atoms with van der Waals surface area (Å²) < 4.78 is 105. The molecule has 9 aromatic carbocycles. The highest BCUT2D eigenvalue weighted by Crippen LogP contribution is 2.54. The Kier molecular flexibility index (Phi) is 19.9. The zero-order valence-corrected chi connectivity index (χ0v) is 69.7. The van der Waals surface area contributed by atoms with Gasteiger partial charge in [0.2, 0.25) is 0 Å². The van der Waals surface area contributed by atoms with Crippen LogP contribution in [0.1, 0.15) is 109 Å². The molecule has 12 aliphatic rings. The van der Waals surface area contributed by atoms with Gasteiger partial charge < -0.3 is 45.1 Å². The summed E-state index contributed by atoms with van der Waals surface area (Å²) in [6, 6.07) is 55.8. The number of ether oxygens (including phenoxy) is 3. The normalized spacial score (nSPS) is 22.6. The van der Waals surface area contributed by atoms with Crippen molar-refractivity contribution in [2.75, 3.05) is 16.0 Å². The highest BCUT2D eigenvalue weighted by Gasteiger charge is 2.45. The fourth-order valence-electron chi connectivity index (χ4n) is 21.2. The summed E-state index contributed by atoms with van der Waals surface area (Å²) in [5, 5.41) is 12.6. The van der Waals surface area contributed by atoms with E-state index in [4.69, 9.17) is 44.1 Å². The van der Waals surface area contributed by atoms with Crippen LogP contribution in [0.5, 0.6) is 34.5 Å². The first-order valence-electron chi connectivity index (χ1n) is 43.1. The van der Waals surface area contributed by atoms with Gasteiger partial charge >= 0.3 is 0 Å². The predicted octanol–water partition coefficient (Wildman–Crippen LogP) is 27.2. The molecule has 0 radical (unpaired) electrons. The van der Waals surface area contributed by atoms with E-state index in [1.54, 1.807) is 42.1 Å². The standard InChI is InChI=1S/C35H30F2N4O.2C33H28F2N4OS/c1-19-20-6-11-23(12-7-20)33(19)40-32-17-29(39-35(41-32)27-18-38-34-26(27)15-25(36)16-28(34)37)24-13-10-22-9-8-21-4-2-3-5-30(21)42-31(22)14-24;2*1-17-18-6-8-19(9-7-18)31(17)38-30-15-25(20-10-11-29-27(12-20)40-26-4-2-3-5-28(26)41-29)37-33(39-30)23-16-36-32-22(23)13-21(34)14-24(32)35/h2-5,8-10,13-20,23,33,38H,6-7,11-12H2,1H3,(H,39,40,41);2*2-5,10-19,31,36H,6-9H2,1H3,(H,37,38,39)/t;2*17-,18?,19?,31+/m.10/s1. The summed E-state index contributed by atoms with van der Waals surface area (Å²) in [5.41, 5.74) is 9.11. The van der Waals surface area contributed by atoms with Gasteiger partial charge in [0, 0.05) is 134 Å². The third kappa shape index (κ3) is 14.6. The van der Waals surface area contributed by atoms with Crippen molar-refractivity contribution in [2.24, 2.45) is 53.3 Å². The lowest BCUT2D eigenvalue weighted by atomic mass is 9.62. The Morgan fingerprint density at radius 1 is 0.315 bits per heavy atom. The van der Waals surface area contributed by atoms with Crippen LogP contribution in [0.25, 0.3) is 113 Å². The number of H-pyrrole nitrogens is 3. The molecule has 9 fully saturated rings. The van der Waals surface area contributed by atoms with E-state index in [0.29, 0.717) is 127 Å². The van der Waals surface area contributed by atoms with Gasteiger partial charge in [-0.05, 0) is 209 Å². The van der Waals surface area contributed by atoms with Crippen LogP contribution in [0.15, 0.2) is 220 Å². The lowest BCUT2D eigenvalue weighted by molar-refractivity contribution is 0.0928. The van der Waals surface area contributed by atoms with Crippen LogP contribution < -0.4 is 30.2 Å². The largest absolute Gasteiger partial charge is 0.456 e. The second-order valence-corrected chi connectivity index (χ2v) is 37.1. The van der Waals surface area contributed by atoms with E-state index in [0.717, 1.165) is 129 Å². The lowest BCUT2D eigenvalue weighted by Crippen LogP contribution is -2.47. The highest BCUT2D eigenvalue weighted by atomic mass is 32.2. The number of hydrogen-bond donors (Lipinski definition) is 6. The van der Waals surface area contributed by atoms with Crippen molar-refractivity contribution in [2.45, 2.75) is 136 Å². The number of benzene rings is 9. The van der Waals surface area contributed by atoms with Crippen LogP contribution in [-0.2, 0) is 0 Å². The van der Waals surface area contributed by atoms with Gasteiger partial charge in [-0.25, -0.2) is 56.2 Å². The molecule has 9 aliphatic carbocycles. The molecule has 15 aromatic rings. The number of fused-ring (bicyclic) bond motifs is 18. The summed E-state index contributed by atoms with van der Waals surface area (Å²) in [5.74, 6) is 9.95. The maximum Gasteiger partial charge on any atom is 0.164 e. The van der Waals surface area contributed by atoms with Crippen LogP contribution in [0.2, 0.25) is 0 Å². The van der Waals surface area contributed by atoms with Crippen LogP contribution in [0.3, 0.4) is 0 Å². The number of para-hydroxylation sites is 3. The van der Waals surface area contributed by atoms with Crippen molar-refractivity contribution >= 4 is 85.8 Å². The molecule has 622 valence electrons. The van der Waals surface area contributed by atoms with Gasteiger partial charge in [-0.1, -0.05) is 123 Å². The molecular weight excluding hydrogens is 1610 g/mol. The van der Waals surface area contributed by atoms with Gasteiger partial charge in [0.25, 0.3) is 0 Å². The first-order valence-corrected chi connectivity index (χ1v) is 44.8. The van der Waals surface area contributed by atoms with Crippen molar-refractivity contribution in [3.8, 4) is 102 Å². The number of halogens is 6. The van der Waals surface area contributed by atoms with E-state index in [1.807, 2.05) is 121 Å². The summed E-state index contributed by atoms with van der Waals surface area (Å²) >= 11 is 3.36. The molecule has 3 aliphatic heterocycles. The number of aromatic nitrogens is 9. The molecule has 0 spiro atoms. The predicted molar refractivity (Wildman–Crippen MR) is 477 cm³/mol. The second-order valence-electron chi connectivity index (χ2n) is 34.9. The van der Waals surface area contributed by atoms with Crippen LogP contribution in [-0.4, -0.2) is 63.0 Å². The molecule has 6 N–H and O–H groups in total. The van der Waals surface area contributed by atoms with Crippen molar-refractivity contribution in [1.82, 2.24) is 44.9 Å². The van der Waals surface area contributed by atoms with Crippen molar-refractivity contribution in [3.63, 3.8) is 0 Å². The average molecular weight is 1690 g/mol. The van der Waals surface area contributed by atoms with Gasteiger partial charge in [0.15, 0.2) is 17.5 Å². The minimum Gasteiger partial charge on any atom is -0.456 e. The van der Waals surface area contributed by atoms with E-state index in [9.17, 15) is 26.3 Å². The monoisotopic (exact) mass is 1690 g/mol. The molecule has 0 saturated heterocycles. The number of rotatable bonds is 12. The molecule has 15 nitrogen and oxygen atoms in total.